The maximum Gasteiger partial charge on any atom is 0.345 e. The average Bonchev–Trinajstić information content (AvgIpc) is 2.51. The Morgan fingerprint density at radius 3 is 2.68 bits per heavy atom. The van der Waals surface area contributed by atoms with Crippen molar-refractivity contribution in [3.05, 3.63) is 39.7 Å². The quantitative estimate of drug-likeness (QED) is 0.279. The monoisotopic (exact) mass is 303 g/mol. The molecule has 1 aromatic heterocycles. The molecule has 0 aliphatic heterocycles. The van der Waals surface area contributed by atoms with Gasteiger partial charge in [0, 0.05) is 11.5 Å². The summed E-state index contributed by atoms with van der Waals surface area (Å²) in [7, 11) is 0. The summed E-state index contributed by atoms with van der Waals surface area (Å²) in [6, 6.07) is 4.93. The first kappa shape index (κ1) is 16.1. The molecule has 0 spiro atoms. The zero-order valence-electron chi connectivity index (χ0n) is 12.9. The zero-order valence-corrected chi connectivity index (χ0v) is 12.9. The smallest absolute Gasteiger partial charge is 0.345 e. The molecule has 0 unspecified atom stereocenters. The Morgan fingerprint density at radius 1 is 1.23 bits per heavy atom. The zero-order chi connectivity index (χ0) is 16.1. The molecule has 0 aliphatic rings. The van der Waals surface area contributed by atoms with Crippen LogP contribution in [0.1, 0.15) is 50.7 Å². The van der Waals surface area contributed by atoms with Gasteiger partial charge < -0.3 is 14.7 Å². The predicted octanol–water partition coefficient (Wildman–Crippen LogP) is 3.82. The van der Waals surface area contributed by atoms with Crippen molar-refractivity contribution in [3.8, 4) is 5.75 Å². The molecule has 1 aromatic carbocycles. The second kappa shape index (κ2) is 7.11. The number of phenolic OH excluding ortho intramolecular Hbond substituents is 1. The van der Waals surface area contributed by atoms with Crippen molar-refractivity contribution in [2.75, 3.05) is 0 Å². The van der Waals surface area contributed by atoms with E-state index in [0.717, 1.165) is 31.2 Å². The van der Waals surface area contributed by atoms with Crippen molar-refractivity contribution in [2.45, 2.75) is 46.0 Å². The molecule has 0 atom stereocenters. The fraction of sp³-hybridized carbons (Fsp3) is 0.412. The van der Waals surface area contributed by atoms with Crippen molar-refractivity contribution >= 4 is 16.7 Å². The Kier molecular flexibility index (Phi) is 5.20. The Balaban J connectivity index is 2.38. The number of rotatable bonds is 6. The summed E-state index contributed by atoms with van der Waals surface area (Å²) in [6.45, 7) is 3.69. The molecule has 22 heavy (non-hydrogen) atoms. The van der Waals surface area contributed by atoms with Crippen LogP contribution in [0, 0.1) is 0 Å². The highest BCUT2D eigenvalue weighted by atomic mass is 16.4. The SMILES string of the molecule is CCCCCCc1cc2cc(/C(C)=N/O)c(=O)oc2cc1O. The summed E-state index contributed by atoms with van der Waals surface area (Å²) in [6.07, 6.45) is 5.26. The minimum atomic E-state index is -0.585. The first-order chi connectivity index (χ1) is 10.6. The summed E-state index contributed by atoms with van der Waals surface area (Å²) >= 11 is 0. The molecule has 0 fully saturated rings. The van der Waals surface area contributed by atoms with Crippen LogP contribution in [-0.4, -0.2) is 16.0 Å². The second-order valence-electron chi connectivity index (χ2n) is 5.46. The summed E-state index contributed by atoms with van der Waals surface area (Å²) in [5.41, 5.74) is 1.00. The number of fused-ring (bicyclic) bond motifs is 1. The minimum absolute atomic E-state index is 0.146. The van der Waals surface area contributed by atoms with Crippen LogP contribution in [0.5, 0.6) is 5.75 Å². The van der Waals surface area contributed by atoms with Gasteiger partial charge in [-0.2, -0.15) is 0 Å². The van der Waals surface area contributed by atoms with Gasteiger partial charge in [-0.3, -0.25) is 0 Å². The number of hydrogen-bond acceptors (Lipinski definition) is 5. The van der Waals surface area contributed by atoms with E-state index in [1.54, 1.807) is 6.07 Å². The molecule has 118 valence electrons. The predicted molar refractivity (Wildman–Crippen MR) is 86.0 cm³/mol. The van der Waals surface area contributed by atoms with Gasteiger partial charge in [0.1, 0.15) is 11.3 Å². The third kappa shape index (κ3) is 3.47. The molecular weight excluding hydrogens is 282 g/mol. The Hall–Kier alpha value is -2.30. The van der Waals surface area contributed by atoms with Gasteiger partial charge in [-0.1, -0.05) is 31.3 Å². The van der Waals surface area contributed by atoms with E-state index < -0.39 is 5.63 Å². The van der Waals surface area contributed by atoms with E-state index in [1.165, 1.54) is 19.4 Å². The third-order valence-corrected chi connectivity index (χ3v) is 3.77. The molecule has 0 radical (unpaired) electrons. The van der Waals surface area contributed by atoms with Crippen molar-refractivity contribution in [3.63, 3.8) is 0 Å². The lowest BCUT2D eigenvalue weighted by Gasteiger charge is -2.07. The van der Waals surface area contributed by atoms with E-state index in [4.69, 9.17) is 9.62 Å². The highest BCUT2D eigenvalue weighted by molar-refractivity contribution is 6.00. The minimum Gasteiger partial charge on any atom is -0.508 e. The molecular formula is C17H21NO4. The number of aryl methyl sites for hydroxylation is 1. The van der Waals surface area contributed by atoms with Crippen molar-refractivity contribution in [1.82, 2.24) is 0 Å². The van der Waals surface area contributed by atoms with Crippen LogP contribution in [-0.2, 0) is 6.42 Å². The summed E-state index contributed by atoms with van der Waals surface area (Å²) in [5.74, 6) is 0.146. The number of aromatic hydroxyl groups is 1. The van der Waals surface area contributed by atoms with E-state index in [-0.39, 0.29) is 17.0 Å². The van der Waals surface area contributed by atoms with Crippen LogP contribution in [0.2, 0.25) is 0 Å². The Bertz CT molecular complexity index is 746. The fourth-order valence-electron chi connectivity index (χ4n) is 2.45. The number of oxime groups is 1. The Labute approximate surface area is 128 Å². The molecule has 2 aromatic rings. The maximum atomic E-state index is 11.8. The fourth-order valence-corrected chi connectivity index (χ4v) is 2.45. The van der Waals surface area contributed by atoms with Gasteiger partial charge in [-0.15, -0.1) is 0 Å². The van der Waals surface area contributed by atoms with Crippen molar-refractivity contribution in [2.24, 2.45) is 5.16 Å². The van der Waals surface area contributed by atoms with E-state index in [0.29, 0.717) is 11.0 Å². The summed E-state index contributed by atoms with van der Waals surface area (Å²) in [4.78, 5) is 11.8. The molecule has 0 saturated heterocycles. The lowest BCUT2D eigenvalue weighted by atomic mass is 10.0. The van der Waals surface area contributed by atoms with Crippen molar-refractivity contribution < 1.29 is 14.7 Å². The molecule has 0 saturated carbocycles. The average molecular weight is 303 g/mol. The standard InChI is InChI=1S/C17H21NO4/c1-3-4-5-6-7-12-8-13-9-14(11(2)18-21)17(20)22-16(13)10-15(12)19/h8-10,19,21H,3-7H2,1-2H3/b18-11+. The maximum absolute atomic E-state index is 11.8. The number of hydrogen-bond donors (Lipinski definition) is 2. The number of benzene rings is 1. The molecule has 0 aliphatic carbocycles. The van der Waals surface area contributed by atoms with E-state index in [9.17, 15) is 9.90 Å². The normalized spacial score (nSPS) is 12.0. The number of phenols is 1. The van der Waals surface area contributed by atoms with Crippen LogP contribution >= 0.6 is 0 Å². The second-order valence-corrected chi connectivity index (χ2v) is 5.46. The van der Waals surface area contributed by atoms with Gasteiger partial charge in [0.15, 0.2) is 0 Å². The molecule has 5 heteroatoms. The van der Waals surface area contributed by atoms with Crippen LogP contribution < -0.4 is 5.63 Å². The lowest BCUT2D eigenvalue weighted by Crippen LogP contribution is -2.12. The summed E-state index contributed by atoms with van der Waals surface area (Å²) in [5, 5.41) is 22.6. The molecule has 1 heterocycles. The van der Waals surface area contributed by atoms with Gasteiger partial charge in [0.25, 0.3) is 0 Å². The highest BCUT2D eigenvalue weighted by Gasteiger charge is 2.11. The molecule has 0 amide bonds. The first-order valence-electron chi connectivity index (χ1n) is 7.55. The third-order valence-electron chi connectivity index (χ3n) is 3.77. The van der Waals surface area contributed by atoms with E-state index in [1.807, 2.05) is 6.07 Å². The van der Waals surface area contributed by atoms with Gasteiger partial charge in [-0.25, -0.2) is 4.79 Å². The highest BCUT2D eigenvalue weighted by Crippen LogP contribution is 2.26. The van der Waals surface area contributed by atoms with Crippen LogP contribution in [0.25, 0.3) is 11.0 Å². The van der Waals surface area contributed by atoms with E-state index >= 15 is 0 Å². The van der Waals surface area contributed by atoms with Crippen LogP contribution in [0.15, 0.2) is 32.6 Å². The van der Waals surface area contributed by atoms with Crippen LogP contribution in [0.4, 0.5) is 0 Å². The van der Waals surface area contributed by atoms with Gasteiger partial charge in [-0.05, 0) is 37.5 Å². The first-order valence-corrected chi connectivity index (χ1v) is 7.55. The molecule has 0 bridgehead atoms. The van der Waals surface area contributed by atoms with Gasteiger partial charge in [0.05, 0.1) is 11.3 Å². The van der Waals surface area contributed by atoms with Gasteiger partial charge in [0.2, 0.25) is 0 Å². The molecule has 2 rings (SSSR count). The number of unbranched alkanes of at least 4 members (excludes halogenated alkanes) is 3. The lowest BCUT2D eigenvalue weighted by molar-refractivity contribution is 0.319. The largest absolute Gasteiger partial charge is 0.508 e. The Morgan fingerprint density at radius 2 is 2.00 bits per heavy atom. The van der Waals surface area contributed by atoms with Crippen LogP contribution in [0.3, 0.4) is 0 Å². The molecule has 2 N–H and O–H groups in total. The van der Waals surface area contributed by atoms with Gasteiger partial charge >= 0.3 is 5.63 Å². The summed E-state index contributed by atoms with van der Waals surface area (Å²) < 4.78 is 5.19. The van der Waals surface area contributed by atoms with E-state index in [2.05, 4.69) is 12.1 Å². The number of nitrogens with zero attached hydrogens (tertiary/aromatic N) is 1. The van der Waals surface area contributed by atoms with Crippen molar-refractivity contribution in [1.29, 1.82) is 0 Å². The molecule has 5 nitrogen and oxygen atoms in total. The topological polar surface area (TPSA) is 83.0 Å².